The minimum Gasteiger partial charge on any atom is -0.207 e. The Morgan fingerprint density at radius 1 is 0.400 bits per heavy atom. The lowest BCUT2D eigenvalue weighted by Crippen LogP contribution is -2.81. The Bertz CT molecular complexity index is 2690. The summed E-state index contributed by atoms with van der Waals surface area (Å²) in [6, 6.07) is 18.7. The molecule has 24 heteroatoms. The van der Waals surface area contributed by atoms with Crippen LogP contribution in [0.2, 0.25) is 0 Å². The van der Waals surface area contributed by atoms with Crippen molar-refractivity contribution in [3.8, 4) is 17.2 Å². The molecule has 0 N–H and O–H groups in total. The lowest BCUT2D eigenvalue weighted by Gasteiger charge is -2.44. The average Bonchev–Trinajstić information content (AvgIpc) is 3.29. The third kappa shape index (κ3) is 8.38. The van der Waals surface area contributed by atoms with Gasteiger partial charge in [0.25, 0.3) is 0 Å². The van der Waals surface area contributed by atoms with Crippen molar-refractivity contribution in [3.63, 3.8) is 0 Å². The van der Waals surface area contributed by atoms with Crippen molar-refractivity contribution in [3.05, 3.63) is 188 Å². The van der Waals surface area contributed by atoms with E-state index in [0.717, 1.165) is 11.1 Å². The maximum absolute atomic E-state index is 15.4. The Hall–Kier alpha value is -6.82. The molecule has 1 unspecified atom stereocenters. The van der Waals surface area contributed by atoms with Gasteiger partial charge in [0.05, 0.1) is 11.6 Å². The predicted molar refractivity (Wildman–Crippen MR) is 191 cm³/mol. The first-order valence-electron chi connectivity index (χ1n) is 17.1. The van der Waals surface area contributed by atoms with Gasteiger partial charge in [-0.2, -0.15) is 5.26 Å². The van der Waals surface area contributed by atoms with Gasteiger partial charge in [0, 0.05) is 11.1 Å². The summed E-state index contributed by atoms with van der Waals surface area (Å²) in [6.45, 7) is 0. The van der Waals surface area contributed by atoms with E-state index in [1.807, 2.05) is 42.5 Å². The minimum atomic E-state index is -7.22. The van der Waals surface area contributed by atoms with E-state index in [0.29, 0.717) is 11.3 Å². The van der Waals surface area contributed by atoms with Crippen molar-refractivity contribution in [2.24, 2.45) is 0 Å². The van der Waals surface area contributed by atoms with Crippen molar-refractivity contribution in [1.29, 1.82) is 5.26 Å². The summed E-state index contributed by atoms with van der Waals surface area (Å²) in [7, 11) is -2.25. The molecule has 338 valence electrons. The molecule has 0 bridgehead atoms. The lowest BCUT2D eigenvalue weighted by molar-refractivity contribution is 0.378. The maximum Gasteiger partial charge on any atom is 0.200 e. The average molecular weight is 959 g/mol. The number of nitriles is 1. The quantitative estimate of drug-likeness (QED) is 0.0418. The molecular formula is C41H14BF20NOS. The van der Waals surface area contributed by atoms with Crippen LogP contribution in [0.15, 0.2) is 54.6 Å². The Balaban J connectivity index is 0.000000330. The second-order valence-corrected chi connectivity index (χ2v) is 15.9. The fraction of sp³-hybridized carbons (Fsp3) is 0.0488. The molecular weight excluding hydrogens is 945 g/mol. The van der Waals surface area contributed by atoms with Gasteiger partial charge in [0.15, 0.2) is 85.0 Å². The second kappa shape index (κ2) is 18.3. The summed E-state index contributed by atoms with van der Waals surface area (Å²) in [6.07, 6.45) is -5.55. The fourth-order valence-electron chi connectivity index (χ4n) is 6.59. The molecule has 0 aliphatic rings. The highest BCUT2D eigenvalue weighted by Crippen LogP contribution is 2.31. The van der Waals surface area contributed by atoms with Gasteiger partial charge in [-0.15, -0.1) is 21.9 Å². The molecule has 0 spiro atoms. The smallest absolute Gasteiger partial charge is 0.200 e. The van der Waals surface area contributed by atoms with Crippen molar-refractivity contribution in [2.45, 2.75) is 5.75 Å². The number of rotatable bonds is 6. The number of hydrogen-bond acceptors (Lipinski definition) is 2. The summed E-state index contributed by atoms with van der Waals surface area (Å²) in [4.78, 5) is 0. The summed E-state index contributed by atoms with van der Waals surface area (Å²) < 4.78 is 306. The summed E-state index contributed by atoms with van der Waals surface area (Å²) >= 11 is 0. The maximum atomic E-state index is 15.4. The monoisotopic (exact) mass is 959 g/mol. The van der Waals surface area contributed by atoms with Crippen LogP contribution in [0.25, 0.3) is 0 Å². The fourth-order valence-corrected chi connectivity index (χ4v) is 7.83. The summed E-state index contributed by atoms with van der Waals surface area (Å²) in [5.41, 5.74) is -11.9. The van der Waals surface area contributed by atoms with Crippen LogP contribution in [-0.2, 0) is 19.9 Å². The molecule has 0 aliphatic heterocycles. The van der Waals surface area contributed by atoms with Gasteiger partial charge >= 0.3 is 0 Å². The highest BCUT2D eigenvalue weighted by Gasteiger charge is 2.52. The molecule has 0 aromatic heterocycles. The molecule has 2 nitrogen and oxygen atoms in total. The van der Waals surface area contributed by atoms with Crippen LogP contribution in [0.4, 0.5) is 87.8 Å². The van der Waals surface area contributed by atoms with E-state index in [9.17, 15) is 56.9 Å². The zero-order valence-electron chi connectivity index (χ0n) is 31.3. The molecule has 0 saturated carbocycles. The van der Waals surface area contributed by atoms with Gasteiger partial charge in [-0.05, 0) is 30.2 Å². The SMILES string of the molecule is C[S+](=O)(C#Cc1ccccc1)Cc1ccc(C#N)cc1.Fc1c(F)c(F)c([B-](c2c(F)c(F)c(F)c(F)c2F)(c2c(F)c(F)c(F)c(F)c2F)c2c(F)c(F)c(F)c(F)c2F)c(F)c1F. The van der Waals surface area contributed by atoms with E-state index in [1.54, 1.807) is 18.4 Å². The van der Waals surface area contributed by atoms with E-state index >= 15 is 35.1 Å². The summed E-state index contributed by atoms with van der Waals surface area (Å²) in [5, 5.41) is 11.6. The van der Waals surface area contributed by atoms with Crippen LogP contribution in [-0.4, -0.2) is 12.4 Å². The van der Waals surface area contributed by atoms with E-state index in [1.165, 1.54) is 0 Å². The van der Waals surface area contributed by atoms with E-state index in [2.05, 4.69) is 17.2 Å². The first kappa shape index (κ1) is 49.2. The highest BCUT2D eigenvalue weighted by molar-refractivity contribution is 8.05. The van der Waals surface area contributed by atoms with Crippen LogP contribution >= 0.6 is 0 Å². The Morgan fingerprint density at radius 3 is 0.923 bits per heavy atom. The Morgan fingerprint density at radius 2 is 0.662 bits per heavy atom. The van der Waals surface area contributed by atoms with Crippen LogP contribution in [0.5, 0.6) is 0 Å². The third-order valence-electron chi connectivity index (χ3n) is 9.42. The first-order chi connectivity index (χ1) is 30.3. The predicted octanol–water partition coefficient (Wildman–Crippen LogP) is 9.04. The minimum absolute atomic E-state index is 0.401. The van der Waals surface area contributed by atoms with Crippen molar-refractivity contribution in [2.75, 3.05) is 6.26 Å². The van der Waals surface area contributed by atoms with E-state index < -0.39 is 154 Å². The van der Waals surface area contributed by atoms with Gasteiger partial charge in [-0.3, -0.25) is 0 Å². The molecule has 0 saturated heterocycles. The van der Waals surface area contributed by atoms with Crippen LogP contribution < -0.4 is 21.9 Å². The van der Waals surface area contributed by atoms with Crippen molar-refractivity contribution >= 4 is 37.9 Å². The van der Waals surface area contributed by atoms with Gasteiger partial charge < -0.3 is 0 Å². The molecule has 0 amide bonds. The number of nitrogens with zero attached hydrogens (tertiary/aromatic N) is 1. The normalized spacial score (nSPS) is 12.2. The topological polar surface area (TPSA) is 40.9 Å². The third-order valence-corrected chi connectivity index (χ3v) is 10.8. The lowest BCUT2D eigenvalue weighted by atomic mass is 9.12. The van der Waals surface area contributed by atoms with Gasteiger partial charge in [0.1, 0.15) is 64.7 Å². The largest absolute Gasteiger partial charge is 0.207 e. The van der Waals surface area contributed by atoms with Gasteiger partial charge in [-0.1, -0.05) is 34.5 Å². The van der Waals surface area contributed by atoms with Gasteiger partial charge in [-0.25, -0.2) is 87.8 Å². The zero-order chi connectivity index (χ0) is 48.8. The zero-order valence-corrected chi connectivity index (χ0v) is 32.1. The van der Waals surface area contributed by atoms with Crippen molar-refractivity contribution in [1.82, 2.24) is 0 Å². The van der Waals surface area contributed by atoms with Crippen molar-refractivity contribution < 1.29 is 92.0 Å². The molecule has 0 aliphatic carbocycles. The van der Waals surface area contributed by atoms with Crippen LogP contribution in [0, 0.1) is 139 Å². The molecule has 0 fully saturated rings. The molecule has 6 rings (SSSR count). The summed E-state index contributed by atoms with van der Waals surface area (Å²) in [5.74, 6) is -68.1. The van der Waals surface area contributed by atoms with Crippen LogP contribution in [0.1, 0.15) is 16.7 Å². The molecule has 65 heavy (non-hydrogen) atoms. The number of hydrogen-bond donors (Lipinski definition) is 0. The van der Waals surface area contributed by atoms with Gasteiger partial charge in [0.2, 0.25) is 0 Å². The second-order valence-electron chi connectivity index (χ2n) is 13.4. The van der Waals surface area contributed by atoms with E-state index in [4.69, 9.17) is 5.26 Å². The molecule has 6 aromatic carbocycles. The Kier molecular flexibility index (Phi) is 13.9. The molecule has 0 radical (unpaired) electrons. The molecule has 6 aromatic rings. The Labute approximate surface area is 351 Å². The molecule has 1 atom stereocenters. The number of halogens is 20. The standard InChI is InChI=1S/C24BF20.C17H14NOS/c26-5-1(6(27)14(35)21(42)13(5)34)25(2-7(28)15(36)22(43)16(37)8(2)29,3-9(30)17(38)23(44)18(39)10(3)31)4-11(32)19(40)24(45)20(41)12(4)33;1-20(19,12-11-15-5-3-2-4-6-15)14-17-9-7-16(13-18)8-10-17/h;2-10H,14H2,1H3/q-1;+1. The van der Waals surface area contributed by atoms with Crippen LogP contribution in [0.3, 0.4) is 0 Å². The first-order valence-corrected chi connectivity index (χ1v) is 19.2. The van der Waals surface area contributed by atoms with E-state index in [-0.39, 0.29) is 0 Å². The highest BCUT2D eigenvalue weighted by atomic mass is 32.2. The molecule has 0 heterocycles. The number of benzene rings is 6.